The van der Waals surface area contributed by atoms with Gasteiger partial charge in [0.25, 0.3) is 0 Å². The van der Waals surface area contributed by atoms with Crippen molar-refractivity contribution in [3.8, 4) is 0 Å². The first-order valence-corrected chi connectivity index (χ1v) is 11.4. The number of rotatable bonds is 7. The largest absolute Gasteiger partial charge is 0.392 e. The van der Waals surface area contributed by atoms with Crippen LogP contribution in [0.3, 0.4) is 0 Å². The van der Waals surface area contributed by atoms with E-state index in [1.54, 1.807) is 18.5 Å². The van der Waals surface area contributed by atoms with Crippen LogP contribution in [0, 0.1) is 0 Å². The van der Waals surface area contributed by atoms with Crippen LogP contribution in [0.2, 0.25) is 0 Å². The molecule has 9 nitrogen and oxygen atoms in total. The van der Waals surface area contributed by atoms with E-state index in [0.717, 1.165) is 28.5 Å². The second-order valence-electron chi connectivity index (χ2n) is 7.12. The predicted octanol–water partition coefficient (Wildman–Crippen LogP) is 2.51. The molecule has 4 aromatic rings. The fourth-order valence-electron chi connectivity index (χ4n) is 3.21. The van der Waals surface area contributed by atoms with Crippen LogP contribution in [0.25, 0.3) is 11.0 Å². The Hall–Kier alpha value is -3.50. The standard InChI is InChI=1S/C21H22N6O3S/c1-26(31(2,29)30)19-17(6-4-9-22-19)13-27-10-8-16-12-23-21(25-20(16)27)24-18-7-3-5-15(11-18)14-28/h3-12,28H,13-14H2,1-2H3,(H,23,24,25). The molecular formula is C21H22N6O3S. The Labute approximate surface area is 180 Å². The highest BCUT2D eigenvalue weighted by molar-refractivity contribution is 7.92. The monoisotopic (exact) mass is 438 g/mol. The zero-order chi connectivity index (χ0) is 22.0. The molecule has 31 heavy (non-hydrogen) atoms. The quantitative estimate of drug-likeness (QED) is 0.456. The third kappa shape index (κ3) is 4.49. The molecule has 0 fully saturated rings. The molecule has 2 N–H and O–H groups in total. The predicted molar refractivity (Wildman–Crippen MR) is 120 cm³/mol. The smallest absolute Gasteiger partial charge is 0.233 e. The number of hydrogen-bond acceptors (Lipinski definition) is 7. The molecule has 1 aromatic carbocycles. The van der Waals surface area contributed by atoms with Crippen LogP contribution in [0.15, 0.2) is 61.1 Å². The Morgan fingerprint density at radius 1 is 1.16 bits per heavy atom. The van der Waals surface area contributed by atoms with E-state index in [2.05, 4.69) is 20.3 Å². The summed E-state index contributed by atoms with van der Waals surface area (Å²) in [4.78, 5) is 13.3. The van der Waals surface area contributed by atoms with Crippen LogP contribution >= 0.6 is 0 Å². The molecule has 0 radical (unpaired) electrons. The molecular weight excluding hydrogens is 416 g/mol. The van der Waals surface area contributed by atoms with Crippen molar-refractivity contribution in [2.75, 3.05) is 22.9 Å². The van der Waals surface area contributed by atoms with Gasteiger partial charge in [0.15, 0.2) is 0 Å². The second kappa shape index (κ2) is 8.32. The lowest BCUT2D eigenvalue weighted by molar-refractivity contribution is 0.282. The van der Waals surface area contributed by atoms with Crippen molar-refractivity contribution in [1.82, 2.24) is 19.5 Å². The number of aliphatic hydroxyl groups excluding tert-OH is 1. The number of anilines is 3. The number of benzene rings is 1. The molecule has 0 saturated carbocycles. The van der Waals surface area contributed by atoms with Gasteiger partial charge in [-0.1, -0.05) is 18.2 Å². The van der Waals surface area contributed by atoms with E-state index >= 15 is 0 Å². The van der Waals surface area contributed by atoms with Crippen molar-refractivity contribution < 1.29 is 13.5 Å². The minimum absolute atomic E-state index is 0.0480. The minimum atomic E-state index is -3.44. The highest BCUT2D eigenvalue weighted by Crippen LogP contribution is 2.23. The number of aromatic nitrogens is 4. The van der Waals surface area contributed by atoms with Gasteiger partial charge in [-0.05, 0) is 29.8 Å². The third-order valence-electron chi connectivity index (χ3n) is 4.87. The van der Waals surface area contributed by atoms with E-state index in [-0.39, 0.29) is 6.61 Å². The average Bonchev–Trinajstić information content (AvgIpc) is 3.15. The summed E-state index contributed by atoms with van der Waals surface area (Å²) >= 11 is 0. The number of aliphatic hydroxyl groups is 1. The molecule has 0 unspecified atom stereocenters. The molecule has 0 bridgehead atoms. The number of pyridine rings is 1. The summed E-state index contributed by atoms with van der Waals surface area (Å²) in [5.41, 5.74) is 3.01. The summed E-state index contributed by atoms with van der Waals surface area (Å²) in [5.74, 6) is 0.794. The summed E-state index contributed by atoms with van der Waals surface area (Å²) < 4.78 is 27.1. The molecule has 10 heteroatoms. The lowest BCUT2D eigenvalue weighted by atomic mass is 10.2. The van der Waals surface area contributed by atoms with E-state index in [0.29, 0.717) is 24.0 Å². The van der Waals surface area contributed by atoms with E-state index in [4.69, 9.17) is 0 Å². The van der Waals surface area contributed by atoms with Gasteiger partial charge >= 0.3 is 0 Å². The van der Waals surface area contributed by atoms with Crippen molar-refractivity contribution in [1.29, 1.82) is 0 Å². The van der Waals surface area contributed by atoms with Crippen LogP contribution in [0.5, 0.6) is 0 Å². The van der Waals surface area contributed by atoms with Crippen LogP contribution < -0.4 is 9.62 Å². The highest BCUT2D eigenvalue weighted by atomic mass is 32.2. The van der Waals surface area contributed by atoms with Crippen molar-refractivity contribution in [2.24, 2.45) is 0 Å². The van der Waals surface area contributed by atoms with Crippen LogP contribution in [0.1, 0.15) is 11.1 Å². The number of nitrogens with one attached hydrogen (secondary N) is 1. The van der Waals surface area contributed by atoms with Crippen molar-refractivity contribution in [2.45, 2.75) is 13.2 Å². The average molecular weight is 439 g/mol. The van der Waals surface area contributed by atoms with Gasteiger partial charge in [0, 0.05) is 42.3 Å². The van der Waals surface area contributed by atoms with Crippen molar-refractivity contribution in [3.05, 3.63) is 72.2 Å². The Morgan fingerprint density at radius 3 is 2.77 bits per heavy atom. The first kappa shape index (κ1) is 20.8. The molecule has 0 aliphatic carbocycles. The molecule has 0 atom stereocenters. The number of hydrogen-bond donors (Lipinski definition) is 2. The summed E-state index contributed by atoms with van der Waals surface area (Å²) in [6, 6.07) is 12.9. The minimum Gasteiger partial charge on any atom is -0.392 e. The summed E-state index contributed by atoms with van der Waals surface area (Å²) in [7, 11) is -1.95. The van der Waals surface area contributed by atoms with Gasteiger partial charge in [0.1, 0.15) is 11.5 Å². The summed E-state index contributed by atoms with van der Waals surface area (Å²) in [6.45, 7) is 0.344. The zero-order valence-electron chi connectivity index (χ0n) is 17.1. The van der Waals surface area contributed by atoms with E-state index in [9.17, 15) is 13.5 Å². The topological polar surface area (TPSA) is 113 Å². The van der Waals surface area contributed by atoms with E-state index in [1.165, 1.54) is 11.4 Å². The van der Waals surface area contributed by atoms with E-state index < -0.39 is 10.0 Å². The third-order valence-corrected chi connectivity index (χ3v) is 6.04. The van der Waals surface area contributed by atoms with Crippen LogP contribution in [-0.4, -0.2) is 46.3 Å². The zero-order valence-corrected chi connectivity index (χ0v) is 17.9. The summed E-state index contributed by atoms with van der Waals surface area (Å²) in [6.07, 6.45) is 6.32. The SMILES string of the molecule is CN(c1ncccc1Cn1ccc2cnc(Nc3cccc(CO)c3)nc21)S(C)(=O)=O. The molecule has 0 saturated heterocycles. The first-order valence-electron chi connectivity index (χ1n) is 9.51. The normalized spacial score (nSPS) is 11.6. The van der Waals surface area contributed by atoms with Crippen LogP contribution in [-0.2, 0) is 23.2 Å². The fourth-order valence-corrected chi connectivity index (χ4v) is 3.69. The van der Waals surface area contributed by atoms with Gasteiger partial charge in [-0.15, -0.1) is 0 Å². The maximum Gasteiger partial charge on any atom is 0.233 e. The van der Waals surface area contributed by atoms with Crippen molar-refractivity contribution in [3.63, 3.8) is 0 Å². The van der Waals surface area contributed by atoms with Gasteiger partial charge in [0.2, 0.25) is 16.0 Å². The lowest BCUT2D eigenvalue weighted by Crippen LogP contribution is -2.27. The second-order valence-corrected chi connectivity index (χ2v) is 9.13. The Morgan fingerprint density at radius 2 is 2.00 bits per heavy atom. The first-order chi connectivity index (χ1) is 14.8. The fraction of sp³-hybridized carbons (Fsp3) is 0.190. The Kier molecular flexibility index (Phi) is 5.57. The van der Waals surface area contributed by atoms with E-state index in [1.807, 2.05) is 47.2 Å². The number of nitrogens with zero attached hydrogens (tertiary/aromatic N) is 5. The maximum absolute atomic E-state index is 12.0. The van der Waals surface area contributed by atoms with Gasteiger partial charge in [-0.25, -0.2) is 18.4 Å². The molecule has 0 aliphatic heterocycles. The number of fused-ring (bicyclic) bond motifs is 1. The lowest BCUT2D eigenvalue weighted by Gasteiger charge is -2.19. The van der Waals surface area contributed by atoms with Crippen molar-refractivity contribution >= 4 is 38.5 Å². The number of sulfonamides is 1. The highest BCUT2D eigenvalue weighted by Gasteiger charge is 2.18. The molecule has 3 aromatic heterocycles. The molecule has 3 heterocycles. The van der Waals surface area contributed by atoms with Gasteiger partial charge in [-0.3, -0.25) is 4.31 Å². The Balaban J connectivity index is 1.66. The molecule has 160 valence electrons. The van der Waals surface area contributed by atoms with Gasteiger partial charge < -0.3 is 15.0 Å². The molecule has 4 rings (SSSR count). The van der Waals surface area contributed by atoms with Crippen LogP contribution in [0.4, 0.5) is 17.5 Å². The summed E-state index contributed by atoms with van der Waals surface area (Å²) in [5, 5.41) is 13.3. The van der Waals surface area contributed by atoms with Gasteiger partial charge in [0.05, 0.1) is 19.4 Å². The molecule has 0 spiro atoms. The molecule has 0 amide bonds. The maximum atomic E-state index is 12.0. The van der Waals surface area contributed by atoms with Gasteiger partial charge in [-0.2, -0.15) is 4.98 Å². The Bertz CT molecular complexity index is 1340. The molecule has 0 aliphatic rings.